The normalized spacial score (nSPS) is 11.5. The molecular formula is C25H33NO4. The number of hydrogen-bond donors (Lipinski definition) is 0. The number of fused-ring (bicyclic) bond motifs is 2. The number of rotatable bonds is 12. The summed E-state index contributed by atoms with van der Waals surface area (Å²) < 4.78 is 17.8. The molecule has 1 heterocycles. The molecule has 162 valence electrons. The van der Waals surface area contributed by atoms with Gasteiger partial charge in [-0.2, -0.15) is 0 Å². The highest BCUT2D eigenvalue weighted by atomic mass is 16.5. The second-order valence-electron chi connectivity index (χ2n) is 7.53. The van der Waals surface area contributed by atoms with Crippen molar-refractivity contribution in [2.24, 2.45) is 0 Å². The number of benzene rings is 2. The first-order valence-corrected chi connectivity index (χ1v) is 11.1. The Hall–Kier alpha value is -2.53. The van der Waals surface area contributed by atoms with E-state index in [0.29, 0.717) is 40.9 Å². The van der Waals surface area contributed by atoms with Crippen LogP contribution in [-0.2, 0) is 0 Å². The predicted molar refractivity (Wildman–Crippen MR) is 123 cm³/mol. The van der Waals surface area contributed by atoms with Gasteiger partial charge in [0.15, 0.2) is 0 Å². The van der Waals surface area contributed by atoms with E-state index in [4.69, 9.17) is 13.9 Å². The number of nitrogens with zero attached hydrogens (tertiary/aromatic N) is 1. The Morgan fingerprint density at radius 3 is 1.97 bits per heavy atom. The molecule has 0 saturated carbocycles. The van der Waals surface area contributed by atoms with Gasteiger partial charge in [0.1, 0.15) is 29.3 Å². The Morgan fingerprint density at radius 2 is 1.40 bits per heavy atom. The third-order valence-electron chi connectivity index (χ3n) is 5.45. The van der Waals surface area contributed by atoms with Crippen molar-refractivity contribution in [2.75, 3.05) is 32.8 Å². The quantitative estimate of drug-likeness (QED) is 0.286. The second-order valence-corrected chi connectivity index (χ2v) is 7.53. The summed E-state index contributed by atoms with van der Waals surface area (Å²) in [5.41, 5.74) is 1.04. The lowest BCUT2D eigenvalue weighted by Gasteiger charge is -2.18. The molecular weight excluding hydrogens is 378 g/mol. The zero-order chi connectivity index (χ0) is 21.3. The van der Waals surface area contributed by atoms with E-state index in [1.807, 2.05) is 18.2 Å². The average Bonchev–Trinajstić information content (AvgIpc) is 2.76. The lowest BCUT2D eigenvalue weighted by Crippen LogP contribution is -2.27. The van der Waals surface area contributed by atoms with Crippen LogP contribution in [-0.4, -0.2) is 37.7 Å². The molecule has 3 aromatic rings. The van der Waals surface area contributed by atoms with E-state index >= 15 is 0 Å². The fraction of sp³-hybridized carbons (Fsp3) is 0.480. The van der Waals surface area contributed by atoms with Crippen molar-refractivity contribution in [2.45, 2.75) is 46.5 Å². The SMILES string of the molecule is CCCCCCOc1ccc2c(=O)c3ccc(OCCN(CC)CC)cc3oc2c1. The molecule has 1 aromatic heterocycles. The van der Waals surface area contributed by atoms with Gasteiger partial charge in [0.05, 0.1) is 17.4 Å². The Morgan fingerprint density at radius 1 is 0.800 bits per heavy atom. The van der Waals surface area contributed by atoms with Crippen LogP contribution < -0.4 is 14.9 Å². The monoisotopic (exact) mass is 411 g/mol. The van der Waals surface area contributed by atoms with Crippen LogP contribution in [0.25, 0.3) is 21.9 Å². The Kier molecular flexibility index (Phi) is 8.14. The van der Waals surface area contributed by atoms with Gasteiger partial charge in [-0.15, -0.1) is 0 Å². The van der Waals surface area contributed by atoms with E-state index in [2.05, 4.69) is 25.7 Å². The molecule has 30 heavy (non-hydrogen) atoms. The molecule has 2 aromatic carbocycles. The standard InChI is InChI=1S/C25H33NO4/c1-4-7-8-9-15-28-19-10-12-21-23(17-19)30-24-18-20(11-13-22(24)25(21)27)29-16-14-26(5-2)6-3/h10-13,17-18H,4-9,14-16H2,1-3H3. The summed E-state index contributed by atoms with van der Waals surface area (Å²) in [6, 6.07) is 10.9. The van der Waals surface area contributed by atoms with Gasteiger partial charge in [-0.05, 0) is 43.8 Å². The highest BCUT2D eigenvalue weighted by molar-refractivity contribution is 5.90. The first-order valence-electron chi connectivity index (χ1n) is 11.1. The van der Waals surface area contributed by atoms with E-state index in [1.54, 1.807) is 18.2 Å². The van der Waals surface area contributed by atoms with Gasteiger partial charge < -0.3 is 18.8 Å². The smallest absolute Gasteiger partial charge is 0.200 e. The topological polar surface area (TPSA) is 51.9 Å². The van der Waals surface area contributed by atoms with Crippen LogP contribution in [0.4, 0.5) is 0 Å². The van der Waals surface area contributed by atoms with Gasteiger partial charge in [0, 0.05) is 18.7 Å². The summed E-state index contributed by atoms with van der Waals surface area (Å²) in [5.74, 6) is 1.44. The van der Waals surface area contributed by atoms with Crippen molar-refractivity contribution >= 4 is 21.9 Å². The summed E-state index contributed by atoms with van der Waals surface area (Å²) >= 11 is 0. The lowest BCUT2D eigenvalue weighted by atomic mass is 10.1. The van der Waals surface area contributed by atoms with E-state index in [0.717, 1.165) is 31.8 Å². The molecule has 0 aliphatic rings. The van der Waals surface area contributed by atoms with Crippen molar-refractivity contribution in [3.8, 4) is 11.5 Å². The van der Waals surface area contributed by atoms with Crippen LogP contribution in [0.15, 0.2) is 45.6 Å². The molecule has 0 aliphatic carbocycles. The number of hydrogen-bond acceptors (Lipinski definition) is 5. The van der Waals surface area contributed by atoms with Gasteiger partial charge in [-0.1, -0.05) is 40.0 Å². The summed E-state index contributed by atoms with van der Waals surface area (Å²) in [4.78, 5) is 15.2. The number of ether oxygens (including phenoxy) is 2. The van der Waals surface area contributed by atoms with E-state index in [1.165, 1.54) is 19.3 Å². The summed E-state index contributed by atoms with van der Waals surface area (Å²) in [6.45, 7) is 10.6. The maximum absolute atomic E-state index is 12.9. The maximum Gasteiger partial charge on any atom is 0.200 e. The van der Waals surface area contributed by atoms with Gasteiger partial charge in [-0.3, -0.25) is 4.79 Å². The predicted octanol–water partition coefficient (Wildman–Crippen LogP) is 5.63. The first kappa shape index (κ1) is 22.2. The van der Waals surface area contributed by atoms with Crippen molar-refractivity contribution in [1.29, 1.82) is 0 Å². The van der Waals surface area contributed by atoms with Crippen LogP contribution in [0.2, 0.25) is 0 Å². The molecule has 0 spiro atoms. The molecule has 0 saturated heterocycles. The largest absolute Gasteiger partial charge is 0.493 e. The van der Waals surface area contributed by atoms with Crippen molar-refractivity contribution in [3.05, 3.63) is 46.6 Å². The fourth-order valence-corrected chi connectivity index (χ4v) is 3.54. The minimum absolute atomic E-state index is 0.0320. The van der Waals surface area contributed by atoms with Crippen LogP contribution >= 0.6 is 0 Å². The molecule has 0 fully saturated rings. The number of likely N-dealkylation sites (N-methyl/N-ethyl adjacent to an activating group) is 1. The van der Waals surface area contributed by atoms with Crippen molar-refractivity contribution in [3.63, 3.8) is 0 Å². The van der Waals surface area contributed by atoms with Crippen LogP contribution in [0.3, 0.4) is 0 Å². The molecule has 3 rings (SSSR count). The third kappa shape index (κ3) is 5.54. The second kappa shape index (κ2) is 11.0. The van der Waals surface area contributed by atoms with Gasteiger partial charge in [-0.25, -0.2) is 0 Å². The Balaban J connectivity index is 1.76. The summed E-state index contributed by atoms with van der Waals surface area (Å²) in [5, 5.41) is 1.13. The minimum atomic E-state index is -0.0320. The summed E-state index contributed by atoms with van der Waals surface area (Å²) in [7, 11) is 0. The van der Waals surface area contributed by atoms with Gasteiger partial charge in [0.25, 0.3) is 0 Å². The van der Waals surface area contributed by atoms with Crippen molar-refractivity contribution < 1.29 is 13.9 Å². The molecule has 0 radical (unpaired) electrons. The van der Waals surface area contributed by atoms with Crippen LogP contribution in [0, 0.1) is 0 Å². The maximum atomic E-state index is 12.9. The van der Waals surface area contributed by atoms with E-state index in [9.17, 15) is 4.79 Å². The molecule has 5 heteroatoms. The Bertz CT molecular complexity index is 1010. The van der Waals surface area contributed by atoms with Crippen LogP contribution in [0.5, 0.6) is 11.5 Å². The highest BCUT2D eigenvalue weighted by Crippen LogP contribution is 2.25. The Labute approximate surface area is 178 Å². The summed E-state index contributed by atoms with van der Waals surface area (Å²) in [6.07, 6.45) is 4.62. The highest BCUT2D eigenvalue weighted by Gasteiger charge is 2.10. The molecule has 0 unspecified atom stereocenters. The molecule has 0 N–H and O–H groups in total. The van der Waals surface area contributed by atoms with Gasteiger partial charge in [0.2, 0.25) is 5.43 Å². The fourth-order valence-electron chi connectivity index (χ4n) is 3.54. The van der Waals surface area contributed by atoms with Gasteiger partial charge >= 0.3 is 0 Å². The lowest BCUT2D eigenvalue weighted by molar-refractivity contribution is 0.223. The molecule has 0 aliphatic heterocycles. The van der Waals surface area contributed by atoms with Crippen molar-refractivity contribution in [1.82, 2.24) is 4.90 Å². The van der Waals surface area contributed by atoms with E-state index < -0.39 is 0 Å². The van der Waals surface area contributed by atoms with E-state index in [-0.39, 0.29) is 5.43 Å². The average molecular weight is 412 g/mol. The molecule has 5 nitrogen and oxygen atoms in total. The molecule has 0 amide bonds. The zero-order valence-corrected chi connectivity index (χ0v) is 18.4. The zero-order valence-electron chi connectivity index (χ0n) is 18.4. The van der Waals surface area contributed by atoms with Crippen LogP contribution in [0.1, 0.15) is 46.5 Å². The minimum Gasteiger partial charge on any atom is -0.493 e. The number of unbranched alkanes of at least 4 members (excludes halogenated alkanes) is 3. The first-order chi connectivity index (χ1) is 14.7. The molecule has 0 bridgehead atoms. The third-order valence-corrected chi connectivity index (χ3v) is 5.45. The molecule has 0 atom stereocenters.